The van der Waals surface area contributed by atoms with Gasteiger partial charge in [-0.2, -0.15) is 0 Å². The van der Waals surface area contributed by atoms with Gasteiger partial charge < -0.3 is 4.74 Å². The quantitative estimate of drug-likeness (QED) is 0.570. The molecule has 0 saturated heterocycles. The van der Waals surface area contributed by atoms with Gasteiger partial charge in [-0.25, -0.2) is 23.6 Å². The Hall–Kier alpha value is -3.20. The lowest BCUT2D eigenvalue weighted by Crippen LogP contribution is -2.41. The molecule has 0 saturated carbocycles. The van der Waals surface area contributed by atoms with E-state index in [4.69, 9.17) is 16.3 Å². The molecule has 4 rings (SSSR count). The first-order valence-corrected chi connectivity index (χ1v) is 11.9. The van der Waals surface area contributed by atoms with Gasteiger partial charge in [0.2, 0.25) is 0 Å². The van der Waals surface area contributed by atoms with Gasteiger partial charge in [0.15, 0.2) is 9.84 Å². The van der Waals surface area contributed by atoms with Gasteiger partial charge in [-0.15, -0.1) is 0 Å². The van der Waals surface area contributed by atoms with Gasteiger partial charge in [0.25, 0.3) is 0 Å². The van der Waals surface area contributed by atoms with Crippen LogP contribution in [0.1, 0.15) is 5.56 Å². The number of nitrogens with zero attached hydrogens (tertiary/aromatic N) is 2. The number of anilines is 1. The summed E-state index contributed by atoms with van der Waals surface area (Å²) in [6, 6.07) is 16.9. The minimum Gasteiger partial charge on any atom is -0.468 e. The zero-order valence-electron chi connectivity index (χ0n) is 17.3. The van der Waals surface area contributed by atoms with E-state index in [9.17, 15) is 13.2 Å². The average molecular weight is 470 g/mol. The summed E-state index contributed by atoms with van der Waals surface area (Å²) in [4.78, 5) is 16.9. The van der Waals surface area contributed by atoms with E-state index in [1.165, 1.54) is 13.4 Å². The molecule has 0 radical (unpaired) electrons. The van der Waals surface area contributed by atoms with Crippen LogP contribution in [0.25, 0.3) is 16.8 Å². The lowest BCUT2D eigenvalue weighted by atomic mass is 10.1. The van der Waals surface area contributed by atoms with Crippen LogP contribution in [-0.2, 0) is 19.4 Å². The number of aromatic nitrogens is 1. The molecular weight excluding hydrogens is 450 g/mol. The minimum absolute atomic E-state index is 0.241. The second-order valence-corrected chi connectivity index (χ2v) is 9.63. The molecule has 32 heavy (non-hydrogen) atoms. The Bertz CT molecular complexity index is 1310. The molecular formula is C23H20ClN3O4S. The number of ether oxygens (including phenoxy) is 1. The van der Waals surface area contributed by atoms with Crippen LogP contribution < -0.4 is 10.4 Å². The number of rotatable bonds is 5. The Morgan fingerprint density at radius 2 is 1.88 bits per heavy atom. The van der Waals surface area contributed by atoms with Gasteiger partial charge in [0.05, 0.1) is 17.7 Å². The predicted molar refractivity (Wildman–Crippen MR) is 124 cm³/mol. The summed E-state index contributed by atoms with van der Waals surface area (Å²) < 4.78 is 28.6. The predicted octanol–water partition coefficient (Wildman–Crippen LogP) is 3.71. The lowest BCUT2D eigenvalue weighted by molar-refractivity contribution is -0.141. The van der Waals surface area contributed by atoms with Crippen molar-refractivity contribution < 1.29 is 17.9 Å². The first-order valence-electron chi connectivity index (χ1n) is 9.65. The number of carbonyl (C=O) groups excluding carboxylic acids is 1. The van der Waals surface area contributed by atoms with Gasteiger partial charge >= 0.3 is 5.97 Å². The Labute approximate surface area is 191 Å². The van der Waals surface area contributed by atoms with Crippen LogP contribution in [-0.4, -0.2) is 38.8 Å². The molecule has 164 valence electrons. The fourth-order valence-corrected chi connectivity index (χ4v) is 4.29. The maximum absolute atomic E-state index is 12.1. The molecule has 7 nitrogen and oxygen atoms in total. The molecule has 3 aromatic rings. The number of hydrazine groups is 1. The van der Waals surface area contributed by atoms with Crippen molar-refractivity contribution in [3.63, 3.8) is 0 Å². The monoisotopic (exact) mass is 469 g/mol. The number of carbonyl (C=O) groups is 1. The van der Waals surface area contributed by atoms with Gasteiger partial charge in [-0.05, 0) is 42.0 Å². The van der Waals surface area contributed by atoms with Crippen molar-refractivity contribution in [1.82, 2.24) is 10.4 Å². The van der Waals surface area contributed by atoms with Gasteiger partial charge in [0, 0.05) is 28.6 Å². The Kier molecular flexibility index (Phi) is 6.01. The van der Waals surface area contributed by atoms with Crippen molar-refractivity contribution in [2.75, 3.05) is 18.4 Å². The van der Waals surface area contributed by atoms with Crippen LogP contribution in [0.4, 0.5) is 5.82 Å². The van der Waals surface area contributed by atoms with Crippen LogP contribution in [0, 0.1) is 0 Å². The number of sulfone groups is 1. The highest BCUT2D eigenvalue weighted by Crippen LogP contribution is 2.33. The highest BCUT2D eigenvalue weighted by molar-refractivity contribution is 7.90. The number of hydrogen-bond donors (Lipinski definition) is 1. The fraction of sp³-hybridized carbons (Fsp3) is 0.130. The van der Waals surface area contributed by atoms with E-state index in [2.05, 4.69) is 10.4 Å². The average Bonchev–Trinajstić information content (AvgIpc) is 3.24. The summed E-state index contributed by atoms with van der Waals surface area (Å²) >= 11 is 6.39. The van der Waals surface area contributed by atoms with Crippen LogP contribution in [0.5, 0.6) is 0 Å². The molecule has 2 aromatic carbocycles. The van der Waals surface area contributed by atoms with Crippen molar-refractivity contribution in [2.24, 2.45) is 0 Å². The highest BCUT2D eigenvalue weighted by Gasteiger charge is 2.31. The molecule has 1 atom stereocenters. The maximum atomic E-state index is 12.1. The molecule has 0 fully saturated rings. The Morgan fingerprint density at radius 3 is 2.53 bits per heavy atom. The molecule has 2 heterocycles. The van der Waals surface area contributed by atoms with Crippen molar-refractivity contribution in [1.29, 1.82) is 0 Å². The fourth-order valence-electron chi connectivity index (χ4n) is 3.39. The molecule has 1 aromatic heterocycles. The number of hydrogen-bond acceptors (Lipinski definition) is 7. The van der Waals surface area contributed by atoms with E-state index >= 15 is 0 Å². The van der Waals surface area contributed by atoms with Crippen molar-refractivity contribution in [3.05, 3.63) is 83.5 Å². The van der Waals surface area contributed by atoms with E-state index in [-0.39, 0.29) is 4.90 Å². The molecule has 1 unspecified atom stereocenters. The van der Waals surface area contributed by atoms with Crippen LogP contribution >= 0.6 is 11.6 Å². The summed E-state index contributed by atoms with van der Waals surface area (Å²) in [5.74, 6) is 0.0943. The number of pyridine rings is 1. The SMILES string of the molecule is COC(=O)C1C=C(c2ccccc2Cl)N(c2ccc(-c3cccc(S(C)(=O)=O)c3)cn2)N1. The van der Waals surface area contributed by atoms with E-state index in [1.807, 2.05) is 30.3 Å². The number of halogens is 1. The lowest BCUT2D eigenvalue weighted by Gasteiger charge is -2.23. The van der Waals surface area contributed by atoms with E-state index < -0.39 is 21.8 Å². The molecule has 1 aliphatic rings. The third-order valence-corrected chi connectivity index (χ3v) is 6.45. The standard InChI is InChI=1S/C23H20ClN3O4S/c1-31-23(28)20-13-21(18-8-3-4-9-19(18)24)27(26-20)22-11-10-16(14-25-22)15-6-5-7-17(12-15)32(2,29)30/h3-14,20,26H,1-2H3. The van der Waals surface area contributed by atoms with Crippen LogP contribution in [0.15, 0.2) is 77.8 Å². The number of methoxy groups -OCH3 is 1. The summed E-state index contributed by atoms with van der Waals surface area (Å²) in [5.41, 5.74) is 5.98. The maximum Gasteiger partial charge on any atom is 0.328 e. The smallest absolute Gasteiger partial charge is 0.328 e. The number of esters is 1. The summed E-state index contributed by atoms with van der Waals surface area (Å²) in [5, 5.41) is 2.21. The topological polar surface area (TPSA) is 88.6 Å². The number of nitrogens with one attached hydrogen (secondary N) is 1. The van der Waals surface area contributed by atoms with E-state index in [1.54, 1.807) is 47.6 Å². The normalized spacial score (nSPS) is 16.0. The van der Waals surface area contributed by atoms with Gasteiger partial charge in [-0.1, -0.05) is 41.9 Å². The second-order valence-electron chi connectivity index (χ2n) is 7.20. The first kappa shape index (κ1) is 22.0. The molecule has 1 aliphatic heterocycles. The van der Waals surface area contributed by atoms with Crippen molar-refractivity contribution in [2.45, 2.75) is 10.9 Å². The van der Waals surface area contributed by atoms with Gasteiger partial charge in [-0.3, -0.25) is 5.01 Å². The first-order chi connectivity index (χ1) is 15.3. The van der Waals surface area contributed by atoms with Crippen molar-refractivity contribution in [3.8, 4) is 11.1 Å². The minimum atomic E-state index is -3.32. The second kappa shape index (κ2) is 8.74. The van der Waals surface area contributed by atoms with Crippen LogP contribution in [0.3, 0.4) is 0 Å². The Morgan fingerprint density at radius 1 is 1.09 bits per heavy atom. The molecule has 0 aliphatic carbocycles. The van der Waals surface area contributed by atoms with Crippen molar-refractivity contribution >= 4 is 38.9 Å². The number of benzene rings is 2. The molecule has 1 N–H and O–H groups in total. The zero-order chi connectivity index (χ0) is 22.9. The molecule has 0 spiro atoms. The van der Waals surface area contributed by atoms with Gasteiger partial charge in [0.1, 0.15) is 11.9 Å². The summed E-state index contributed by atoms with van der Waals surface area (Å²) in [7, 11) is -1.99. The molecule has 9 heteroatoms. The van der Waals surface area contributed by atoms with E-state index in [0.717, 1.165) is 16.7 Å². The molecule has 0 amide bonds. The largest absolute Gasteiger partial charge is 0.468 e. The molecule has 0 bridgehead atoms. The van der Waals surface area contributed by atoms with E-state index in [0.29, 0.717) is 16.5 Å². The third kappa shape index (κ3) is 4.38. The summed E-state index contributed by atoms with van der Waals surface area (Å²) in [6.45, 7) is 0. The summed E-state index contributed by atoms with van der Waals surface area (Å²) in [6.07, 6.45) is 4.55. The third-order valence-electron chi connectivity index (χ3n) is 5.01. The zero-order valence-corrected chi connectivity index (χ0v) is 18.9. The van der Waals surface area contributed by atoms with Crippen LogP contribution in [0.2, 0.25) is 5.02 Å². The Balaban J connectivity index is 1.69. The highest BCUT2D eigenvalue weighted by atomic mass is 35.5.